The number of rotatable bonds is 8. The number of nitrogens with one attached hydrogen (secondary N) is 2. The highest BCUT2D eigenvalue weighted by molar-refractivity contribution is 6.05. The minimum absolute atomic E-state index is 0.00609. The molecule has 10 heteroatoms. The molecule has 0 fully saturated rings. The molecule has 0 saturated heterocycles. The van der Waals surface area contributed by atoms with Gasteiger partial charge in [-0.3, -0.25) is 19.7 Å². The fourth-order valence-electron chi connectivity index (χ4n) is 3.01. The second-order valence-electron chi connectivity index (χ2n) is 7.56. The van der Waals surface area contributed by atoms with Crippen molar-refractivity contribution < 1.29 is 19.6 Å². The number of amides is 2. The van der Waals surface area contributed by atoms with E-state index in [1.54, 1.807) is 42.5 Å². The second kappa shape index (κ2) is 11.2. The van der Waals surface area contributed by atoms with Gasteiger partial charge in [-0.05, 0) is 48.0 Å². The molecule has 10 nitrogen and oxygen atoms in total. The summed E-state index contributed by atoms with van der Waals surface area (Å²) in [7, 11) is 3.80. The number of benzene rings is 3. The van der Waals surface area contributed by atoms with Gasteiger partial charge in [-0.25, -0.2) is 5.43 Å². The lowest BCUT2D eigenvalue weighted by Gasteiger charge is -2.12. The number of carbonyl (C=O) groups is 2. The number of hydrazone groups is 1. The van der Waals surface area contributed by atoms with E-state index in [0.29, 0.717) is 11.1 Å². The molecule has 0 atom stereocenters. The zero-order valence-corrected chi connectivity index (χ0v) is 19.0. The molecule has 0 aromatic heterocycles. The van der Waals surface area contributed by atoms with Crippen LogP contribution in [-0.4, -0.2) is 42.2 Å². The molecule has 3 aromatic rings. The third-order valence-corrected chi connectivity index (χ3v) is 4.83. The van der Waals surface area contributed by atoms with Crippen LogP contribution in [0.15, 0.2) is 83.6 Å². The van der Waals surface area contributed by atoms with Gasteiger partial charge in [-0.15, -0.1) is 0 Å². The molecule has 2 amide bonds. The molecule has 0 saturated carbocycles. The molecule has 3 N–H and O–H groups in total. The Balaban J connectivity index is 1.86. The van der Waals surface area contributed by atoms with Crippen molar-refractivity contribution in [1.29, 1.82) is 0 Å². The van der Waals surface area contributed by atoms with E-state index in [2.05, 4.69) is 15.8 Å². The highest BCUT2D eigenvalue weighted by atomic mass is 16.6. The summed E-state index contributed by atoms with van der Waals surface area (Å²) in [4.78, 5) is 38.0. The van der Waals surface area contributed by atoms with Crippen LogP contribution in [0.1, 0.15) is 21.5 Å². The largest absolute Gasteiger partial charge is 0.508 e. The lowest BCUT2D eigenvalue weighted by atomic mass is 10.1. The van der Waals surface area contributed by atoms with Crippen molar-refractivity contribution >= 4 is 35.5 Å². The topological polar surface area (TPSA) is 137 Å². The van der Waals surface area contributed by atoms with E-state index in [-0.39, 0.29) is 22.7 Å². The molecule has 0 spiro atoms. The van der Waals surface area contributed by atoms with Gasteiger partial charge in [0.15, 0.2) is 0 Å². The third-order valence-electron chi connectivity index (χ3n) is 4.83. The van der Waals surface area contributed by atoms with Gasteiger partial charge in [0.25, 0.3) is 17.5 Å². The molecule has 0 radical (unpaired) electrons. The van der Waals surface area contributed by atoms with Crippen LogP contribution >= 0.6 is 0 Å². The van der Waals surface area contributed by atoms with Crippen molar-refractivity contribution in [3.63, 3.8) is 0 Å². The Morgan fingerprint density at radius 1 is 1.03 bits per heavy atom. The van der Waals surface area contributed by atoms with E-state index < -0.39 is 16.7 Å². The summed E-state index contributed by atoms with van der Waals surface area (Å²) in [6.07, 6.45) is 2.53. The van der Waals surface area contributed by atoms with Crippen molar-refractivity contribution in [3.8, 4) is 5.75 Å². The summed E-state index contributed by atoms with van der Waals surface area (Å²) >= 11 is 0. The lowest BCUT2D eigenvalue weighted by Crippen LogP contribution is -2.32. The predicted molar refractivity (Wildman–Crippen MR) is 133 cm³/mol. The number of phenolic OH excluding ortho intramolecular Hbond substituents is 1. The summed E-state index contributed by atoms with van der Waals surface area (Å²) in [6, 6.07) is 19.1. The van der Waals surface area contributed by atoms with E-state index >= 15 is 0 Å². The number of nitrogens with zero attached hydrogens (tertiary/aromatic N) is 3. The first-order valence-electron chi connectivity index (χ1n) is 10.4. The van der Waals surface area contributed by atoms with Crippen LogP contribution in [0.25, 0.3) is 6.08 Å². The molecule has 35 heavy (non-hydrogen) atoms. The van der Waals surface area contributed by atoms with E-state index in [1.165, 1.54) is 12.1 Å². The molecule has 0 aliphatic rings. The molecule has 0 bridgehead atoms. The quantitative estimate of drug-likeness (QED) is 0.199. The van der Waals surface area contributed by atoms with Crippen LogP contribution < -0.4 is 15.6 Å². The highest BCUT2D eigenvalue weighted by Gasteiger charge is 2.16. The first-order valence-corrected chi connectivity index (χ1v) is 10.4. The summed E-state index contributed by atoms with van der Waals surface area (Å²) in [5.74, 6) is -1.44. The Morgan fingerprint density at radius 3 is 2.34 bits per heavy atom. The standard InChI is InChI=1S/C25H23N5O5/c1-29(2)20-10-8-17(9-11-20)14-22(27-24(32)18-6-4-3-5-7-18)25(33)28-26-16-19-15-21(31)12-13-23(19)30(34)35/h3-16,31H,1-2H3,(H,27,32)(H,28,33)/b22-14-,26-16+. The summed E-state index contributed by atoms with van der Waals surface area (Å²) in [5.41, 5.74) is 3.84. The normalized spacial score (nSPS) is 11.2. The van der Waals surface area contributed by atoms with Crippen LogP contribution in [0.3, 0.4) is 0 Å². The van der Waals surface area contributed by atoms with Crippen LogP contribution in [0.5, 0.6) is 5.75 Å². The number of nitro groups is 1. The Kier molecular flexibility index (Phi) is 7.91. The molecule has 0 aliphatic carbocycles. The van der Waals surface area contributed by atoms with E-state index in [0.717, 1.165) is 24.0 Å². The van der Waals surface area contributed by atoms with Gasteiger partial charge in [0.2, 0.25) is 0 Å². The monoisotopic (exact) mass is 473 g/mol. The van der Waals surface area contributed by atoms with Crippen molar-refractivity contribution in [2.75, 3.05) is 19.0 Å². The number of carbonyl (C=O) groups excluding carboxylic acids is 2. The van der Waals surface area contributed by atoms with Gasteiger partial charge in [-0.1, -0.05) is 30.3 Å². The van der Waals surface area contributed by atoms with Gasteiger partial charge in [0, 0.05) is 31.4 Å². The van der Waals surface area contributed by atoms with Crippen LogP contribution in [-0.2, 0) is 4.79 Å². The SMILES string of the molecule is CN(C)c1ccc(/C=C(\NC(=O)c2ccccc2)C(=O)N/N=C/c2cc(O)ccc2[N+](=O)[O-])cc1. The minimum atomic E-state index is -0.745. The Hall–Kier alpha value is -4.99. The molecular weight excluding hydrogens is 450 g/mol. The van der Waals surface area contributed by atoms with Gasteiger partial charge in [0.1, 0.15) is 11.4 Å². The fraction of sp³-hybridized carbons (Fsp3) is 0.0800. The average molecular weight is 473 g/mol. The van der Waals surface area contributed by atoms with E-state index in [1.807, 2.05) is 31.1 Å². The van der Waals surface area contributed by atoms with Gasteiger partial charge in [0.05, 0.1) is 16.7 Å². The van der Waals surface area contributed by atoms with Crippen molar-refractivity contribution in [2.24, 2.45) is 5.10 Å². The van der Waals surface area contributed by atoms with Crippen molar-refractivity contribution in [2.45, 2.75) is 0 Å². The number of phenols is 1. The zero-order chi connectivity index (χ0) is 25.4. The van der Waals surface area contributed by atoms with E-state index in [9.17, 15) is 24.8 Å². The highest BCUT2D eigenvalue weighted by Crippen LogP contribution is 2.21. The second-order valence-corrected chi connectivity index (χ2v) is 7.56. The Bertz CT molecular complexity index is 1290. The molecule has 3 rings (SSSR count). The molecule has 0 aliphatic heterocycles. The number of aromatic hydroxyl groups is 1. The van der Waals surface area contributed by atoms with Gasteiger partial charge in [-0.2, -0.15) is 5.10 Å². The number of nitro benzene ring substituents is 1. The van der Waals surface area contributed by atoms with Crippen molar-refractivity contribution in [1.82, 2.24) is 10.7 Å². The average Bonchev–Trinajstić information content (AvgIpc) is 2.84. The minimum Gasteiger partial charge on any atom is -0.508 e. The number of anilines is 1. The first-order chi connectivity index (χ1) is 16.7. The molecule has 178 valence electrons. The predicted octanol–water partition coefficient (Wildman–Crippen LogP) is 3.29. The Morgan fingerprint density at radius 2 is 1.71 bits per heavy atom. The fourth-order valence-corrected chi connectivity index (χ4v) is 3.01. The van der Waals surface area contributed by atoms with Crippen LogP contribution in [0, 0.1) is 10.1 Å². The summed E-state index contributed by atoms with van der Waals surface area (Å²) in [5, 5.41) is 27.1. The maximum absolute atomic E-state index is 12.9. The smallest absolute Gasteiger partial charge is 0.287 e. The third kappa shape index (κ3) is 6.75. The Labute approximate surface area is 201 Å². The molecule has 0 unspecified atom stereocenters. The van der Waals surface area contributed by atoms with Gasteiger partial charge < -0.3 is 15.3 Å². The van der Waals surface area contributed by atoms with Crippen LogP contribution in [0.4, 0.5) is 11.4 Å². The maximum Gasteiger partial charge on any atom is 0.287 e. The molecule has 0 heterocycles. The molecule has 3 aromatic carbocycles. The summed E-state index contributed by atoms with van der Waals surface area (Å²) in [6.45, 7) is 0. The number of hydrogen-bond donors (Lipinski definition) is 3. The zero-order valence-electron chi connectivity index (χ0n) is 19.0. The number of hydrogen-bond acceptors (Lipinski definition) is 7. The maximum atomic E-state index is 12.9. The van der Waals surface area contributed by atoms with E-state index in [4.69, 9.17) is 0 Å². The van der Waals surface area contributed by atoms with Crippen LogP contribution in [0.2, 0.25) is 0 Å². The summed E-state index contributed by atoms with van der Waals surface area (Å²) < 4.78 is 0. The molecular formula is C25H23N5O5. The lowest BCUT2D eigenvalue weighted by molar-refractivity contribution is -0.385. The van der Waals surface area contributed by atoms with Gasteiger partial charge >= 0.3 is 0 Å². The first kappa shape index (κ1) is 24.6. The van der Waals surface area contributed by atoms with Crippen molar-refractivity contribution in [3.05, 3.63) is 105 Å².